The zero-order valence-corrected chi connectivity index (χ0v) is 11.8. The summed E-state index contributed by atoms with van der Waals surface area (Å²) >= 11 is 11.2. The van der Waals surface area contributed by atoms with E-state index in [1.807, 2.05) is 29.7 Å². The Balaban J connectivity index is 2.47. The quantitative estimate of drug-likeness (QED) is 0.876. The molecule has 0 atom stereocenters. The number of nitrogens with one attached hydrogen (secondary N) is 1. The summed E-state index contributed by atoms with van der Waals surface area (Å²) in [4.78, 5) is 0. The summed E-state index contributed by atoms with van der Waals surface area (Å²) in [5.74, 6) is 0.811. The van der Waals surface area contributed by atoms with Gasteiger partial charge in [0.15, 0.2) is 10.6 Å². The summed E-state index contributed by atoms with van der Waals surface area (Å²) in [6.45, 7) is 3.26. The first kappa shape index (κ1) is 13.3. The Morgan fingerprint density at radius 2 is 2.28 bits per heavy atom. The Bertz CT molecular complexity index is 606. The predicted octanol–water partition coefficient (Wildman–Crippen LogP) is 3.22. The van der Waals surface area contributed by atoms with Crippen LogP contribution in [0.25, 0.3) is 11.4 Å². The zero-order chi connectivity index (χ0) is 13.1. The minimum absolute atomic E-state index is 0.591. The van der Waals surface area contributed by atoms with Crippen LogP contribution >= 0.6 is 23.8 Å². The fourth-order valence-corrected chi connectivity index (χ4v) is 2.24. The van der Waals surface area contributed by atoms with Gasteiger partial charge in [-0.2, -0.15) is 5.10 Å². The molecule has 0 radical (unpaired) electrons. The first-order valence-electron chi connectivity index (χ1n) is 5.54. The zero-order valence-electron chi connectivity index (χ0n) is 10.2. The van der Waals surface area contributed by atoms with Gasteiger partial charge < -0.3 is 4.74 Å². The van der Waals surface area contributed by atoms with Crippen molar-refractivity contribution in [1.82, 2.24) is 14.8 Å². The van der Waals surface area contributed by atoms with Crippen LogP contribution in [0.2, 0.25) is 5.02 Å². The Morgan fingerprint density at radius 1 is 1.50 bits per heavy atom. The number of aryl methyl sites for hydroxylation is 1. The molecule has 1 aromatic carbocycles. The Kier molecular flexibility index (Phi) is 4.16. The highest BCUT2D eigenvalue weighted by atomic mass is 35.5. The highest BCUT2D eigenvalue weighted by molar-refractivity contribution is 7.71. The second kappa shape index (κ2) is 5.65. The van der Waals surface area contributed by atoms with Crippen molar-refractivity contribution in [3.05, 3.63) is 33.6 Å². The van der Waals surface area contributed by atoms with Crippen LogP contribution in [0.5, 0.6) is 0 Å². The van der Waals surface area contributed by atoms with Gasteiger partial charge in [-0.05, 0) is 42.9 Å². The van der Waals surface area contributed by atoms with Gasteiger partial charge in [0.25, 0.3) is 0 Å². The molecule has 2 rings (SSSR count). The Hall–Kier alpha value is -1.17. The highest BCUT2D eigenvalue weighted by Crippen LogP contribution is 2.24. The molecule has 6 heteroatoms. The molecule has 0 aliphatic heterocycles. The van der Waals surface area contributed by atoms with Crippen molar-refractivity contribution in [2.75, 3.05) is 13.7 Å². The molecule has 0 saturated heterocycles. The number of ether oxygens (including phenoxy) is 1. The third-order valence-corrected chi connectivity index (χ3v) is 3.25. The summed E-state index contributed by atoms with van der Waals surface area (Å²) in [7, 11) is 1.66. The van der Waals surface area contributed by atoms with Crippen LogP contribution in [-0.4, -0.2) is 28.5 Å². The summed E-state index contributed by atoms with van der Waals surface area (Å²) < 4.78 is 7.60. The third-order valence-electron chi connectivity index (χ3n) is 2.71. The second-order valence-corrected chi connectivity index (χ2v) is 4.78. The molecule has 96 valence electrons. The van der Waals surface area contributed by atoms with Crippen LogP contribution in [0.3, 0.4) is 0 Å². The molecule has 0 amide bonds. The van der Waals surface area contributed by atoms with E-state index in [1.165, 1.54) is 0 Å². The number of nitrogens with zero attached hydrogens (tertiary/aromatic N) is 2. The molecular weight excluding hydrogens is 270 g/mol. The average Bonchev–Trinajstić information content (AvgIpc) is 2.68. The van der Waals surface area contributed by atoms with Crippen molar-refractivity contribution in [2.45, 2.75) is 13.5 Å². The van der Waals surface area contributed by atoms with Crippen molar-refractivity contribution < 1.29 is 4.74 Å². The van der Waals surface area contributed by atoms with Crippen molar-refractivity contribution >= 4 is 23.8 Å². The van der Waals surface area contributed by atoms with E-state index in [2.05, 4.69) is 10.2 Å². The molecule has 0 bridgehead atoms. The lowest BCUT2D eigenvalue weighted by Gasteiger charge is -2.08. The van der Waals surface area contributed by atoms with Gasteiger partial charge in [-0.15, -0.1) is 0 Å². The van der Waals surface area contributed by atoms with Gasteiger partial charge in [0.2, 0.25) is 0 Å². The summed E-state index contributed by atoms with van der Waals surface area (Å²) in [5.41, 5.74) is 2.08. The minimum atomic E-state index is 0.591. The van der Waals surface area contributed by atoms with Gasteiger partial charge in [0.1, 0.15) is 0 Å². The largest absolute Gasteiger partial charge is 0.383 e. The second-order valence-electron chi connectivity index (χ2n) is 3.96. The maximum Gasteiger partial charge on any atom is 0.195 e. The van der Waals surface area contributed by atoms with E-state index in [1.54, 1.807) is 7.11 Å². The van der Waals surface area contributed by atoms with Gasteiger partial charge in [-0.3, -0.25) is 9.67 Å². The fraction of sp³-hybridized carbons (Fsp3) is 0.333. The topological polar surface area (TPSA) is 42.8 Å². The highest BCUT2D eigenvalue weighted by Gasteiger charge is 2.11. The molecule has 0 spiro atoms. The van der Waals surface area contributed by atoms with Crippen LogP contribution in [-0.2, 0) is 11.3 Å². The van der Waals surface area contributed by atoms with E-state index in [4.69, 9.17) is 28.6 Å². The first-order valence-corrected chi connectivity index (χ1v) is 6.32. The number of hydrogen-bond acceptors (Lipinski definition) is 3. The SMILES string of the molecule is COCCn1c(-c2ccc(Cl)cc2C)n[nH]c1=S. The summed E-state index contributed by atoms with van der Waals surface area (Å²) in [6, 6.07) is 5.71. The van der Waals surface area contributed by atoms with Gasteiger partial charge in [-0.1, -0.05) is 11.6 Å². The van der Waals surface area contributed by atoms with Gasteiger partial charge in [0.05, 0.1) is 13.2 Å². The van der Waals surface area contributed by atoms with Crippen molar-refractivity contribution in [3.63, 3.8) is 0 Å². The molecule has 0 fully saturated rings. The molecule has 0 saturated carbocycles. The standard InChI is InChI=1S/C12H14ClN3OS/c1-8-7-9(13)3-4-10(8)11-14-15-12(18)16(11)5-6-17-2/h3-4,7H,5-6H2,1-2H3,(H,15,18). The molecule has 2 aromatic rings. The van der Waals surface area contributed by atoms with Gasteiger partial charge >= 0.3 is 0 Å². The van der Waals surface area contributed by atoms with E-state index in [-0.39, 0.29) is 0 Å². The summed E-state index contributed by atoms with van der Waals surface area (Å²) in [5, 5.41) is 7.81. The fourth-order valence-electron chi connectivity index (χ4n) is 1.79. The lowest BCUT2D eigenvalue weighted by molar-refractivity contribution is 0.187. The number of H-pyrrole nitrogens is 1. The van der Waals surface area contributed by atoms with Crippen molar-refractivity contribution in [1.29, 1.82) is 0 Å². The van der Waals surface area contributed by atoms with Crippen molar-refractivity contribution in [2.24, 2.45) is 0 Å². The monoisotopic (exact) mass is 283 g/mol. The van der Waals surface area contributed by atoms with Crippen LogP contribution in [0.4, 0.5) is 0 Å². The molecule has 1 heterocycles. The average molecular weight is 284 g/mol. The van der Waals surface area contributed by atoms with Crippen LogP contribution in [0.1, 0.15) is 5.56 Å². The van der Waals surface area contributed by atoms with Gasteiger partial charge in [-0.25, -0.2) is 0 Å². The lowest BCUT2D eigenvalue weighted by Crippen LogP contribution is -2.06. The molecule has 4 nitrogen and oxygen atoms in total. The van der Waals surface area contributed by atoms with Gasteiger partial charge in [0, 0.05) is 17.7 Å². The molecule has 1 N–H and O–H groups in total. The Morgan fingerprint density at radius 3 is 2.94 bits per heavy atom. The van der Waals surface area contributed by atoms with Crippen molar-refractivity contribution in [3.8, 4) is 11.4 Å². The van der Waals surface area contributed by atoms with E-state index in [9.17, 15) is 0 Å². The number of hydrogen-bond donors (Lipinski definition) is 1. The first-order chi connectivity index (χ1) is 8.63. The molecule has 1 aromatic heterocycles. The molecular formula is C12H14ClN3OS. The molecule has 0 unspecified atom stereocenters. The minimum Gasteiger partial charge on any atom is -0.383 e. The maximum atomic E-state index is 5.96. The number of halogens is 1. The van der Waals surface area contributed by atoms with Crippen LogP contribution < -0.4 is 0 Å². The number of benzene rings is 1. The number of aromatic nitrogens is 3. The molecule has 0 aliphatic rings. The van der Waals surface area contributed by atoms with E-state index in [0.29, 0.717) is 22.9 Å². The normalized spacial score (nSPS) is 10.8. The van der Waals surface area contributed by atoms with Crippen LogP contribution in [0, 0.1) is 11.7 Å². The third kappa shape index (κ3) is 2.63. The smallest absolute Gasteiger partial charge is 0.195 e. The van der Waals surface area contributed by atoms with E-state index < -0.39 is 0 Å². The molecule has 0 aliphatic carbocycles. The van der Waals surface area contributed by atoms with Crippen LogP contribution in [0.15, 0.2) is 18.2 Å². The predicted molar refractivity (Wildman–Crippen MR) is 74.5 cm³/mol. The number of rotatable bonds is 4. The van der Waals surface area contributed by atoms with E-state index >= 15 is 0 Å². The lowest BCUT2D eigenvalue weighted by atomic mass is 10.1. The Labute approximate surface area is 116 Å². The maximum absolute atomic E-state index is 5.96. The number of aromatic amines is 1. The molecule has 18 heavy (non-hydrogen) atoms. The van der Waals surface area contributed by atoms with E-state index in [0.717, 1.165) is 17.0 Å². The number of methoxy groups -OCH3 is 1. The summed E-state index contributed by atoms with van der Waals surface area (Å²) in [6.07, 6.45) is 0.